The second-order valence-corrected chi connectivity index (χ2v) is 4.71. The van der Waals surface area contributed by atoms with Crippen LogP contribution in [0.5, 0.6) is 0 Å². The quantitative estimate of drug-likeness (QED) is 0.763. The Morgan fingerprint density at radius 3 is 2.44 bits per heavy atom. The van der Waals surface area contributed by atoms with E-state index < -0.39 is 0 Å². The van der Waals surface area contributed by atoms with Crippen LogP contribution in [0, 0.1) is 0 Å². The van der Waals surface area contributed by atoms with Crippen molar-refractivity contribution >= 4 is 27.9 Å². The molecule has 0 unspecified atom stereocenters. The van der Waals surface area contributed by atoms with Crippen LogP contribution in [0.25, 0.3) is 6.08 Å². The van der Waals surface area contributed by atoms with E-state index in [4.69, 9.17) is 0 Å². The summed E-state index contributed by atoms with van der Waals surface area (Å²) in [6, 6.07) is 7.48. The molecule has 2 nitrogen and oxygen atoms in total. The molecule has 0 spiro atoms. The highest BCUT2D eigenvalue weighted by Crippen LogP contribution is 2.12. The van der Waals surface area contributed by atoms with Gasteiger partial charge in [0.2, 0.25) is 0 Å². The monoisotopic (exact) mass is 311 g/mol. The van der Waals surface area contributed by atoms with Gasteiger partial charge < -0.3 is 4.90 Å². The molecule has 18 heavy (non-hydrogen) atoms. The zero-order valence-corrected chi connectivity index (χ0v) is 13.0. The second kappa shape index (κ2) is 9.89. The molecule has 3 heteroatoms. The Balaban J connectivity index is 0.000000873. The van der Waals surface area contributed by atoms with Crippen LogP contribution in [0.2, 0.25) is 0 Å². The summed E-state index contributed by atoms with van der Waals surface area (Å²) in [4.78, 5) is 13.7. The molecule has 0 saturated carbocycles. The maximum atomic E-state index is 12.0. The van der Waals surface area contributed by atoms with Crippen LogP contribution in [-0.2, 0) is 0 Å². The van der Waals surface area contributed by atoms with Crippen molar-refractivity contribution in [1.82, 2.24) is 4.90 Å². The van der Waals surface area contributed by atoms with Gasteiger partial charge in [-0.25, -0.2) is 0 Å². The van der Waals surface area contributed by atoms with E-state index in [9.17, 15) is 4.79 Å². The number of hydrogen-bond acceptors (Lipinski definition) is 1. The second-order valence-electron chi connectivity index (χ2n) is 3.91. The SMILES string of the molecule is C=Cc1ccccc1C(=O)N(C)CCBr.CCC. The van der Waals surface area contributed by atoms with Gasteiger partial charge in [0.25, 0.3) is 5.91 Å². The van der Waals surface area contributed by atoms with Crippen molar-refractivity contribution in [3.63, 3.8) is 0 Å². The molecule has 0 aromatic heterocycles. The lowest BCUT2D eigenvalue weighted by molar-refractivity contribution is 0.0804. The van der Waals surface area contributed by atoms with Crippen molar-refractivity contribution in [2.45, 2.75) is 20.3 Å². The molecular weight excluding hydrogens is 290 g/mol. The van der Waals surface area contributed by atoms with Gasteiger partial charge >= 0.3 is 0 Å². The molecule has 0 atom stereocenters. The summed E-state index contributed by atoms with van der Waals surface area (Å²) >= 11 is 3.31. The number of carbonyl (C=O) groups is 1. The van der Waals surface area contributed by atoms with E-state index in [-0.39, 0.29) is 5.91 Å². The van der Waals surface area contributed by atoms with Gasteiger partial charge in [-0.3, -0.25) is 4.79 Å². The highest BCUT2D eigenvalue weighted by molar-refractivity contribution is 9.09. The number of halogens is 1. The highest BCUT2D eigenvalue weighted by atomic mass is 79.9. The molecule has 1 aromatic carbocycles. The van der Waals surface area contributed by atoms with E-state index in [0.717, 1.165) is 10.9 Å². The molecule has 0 aliphatic rings. The summed E-state index contributed by atoms with van der Waals surface area (Å²) in [5.74, 6) is 0.0324. The van der Waals surface area contributed by atoms with Gasteiger partial charge in [-0.05, 0) is 11.6 Å². The zero-order valence-electron chi connectivity index (χ0n) is 11.4. The fourth-order valence-corrected chi connectivity index (χ4v) is 1.84. The summed E-state index contributed by atoms with van der Waals surface area (Å²) in [7, 11) is 1.80. The first-order valence-corrected chi connectivity index (χ1v) is 7.27. The Labute approximate surface area is 119 Å². The van der Waals surface area contributed by atoms with Gasteiger partial charge in [-0.1, -0.05) is 67.1 Å². The molecule has 1 amide bonds. The maximum absolute atomic E-state index is 12.0. The van der Waals surface area contributed by atoms with Crippen LogP contribution in [0.1, 0.15) is 36.2 Å². The van der Waals surface area contributed by atoms with Crippen molar-refractivity contribution in [3.8, 4) is 0 Å². The molecule has 0 aliphatic carbocycles. The van der Waals surface area contributed by atoms with E-state index in [2.05, 4.69) is 36.4 Å². The van der Waals surface area contributed by atoms with Crippen LogP contribution in [0.4, 0.5) is 0 Å². The first-order valence-electron chi connectivity index (χ1n) is 6.15. The number of nitrogens with zero attached hydrogens (tertiary/aromatic N) is 1. The summed E-state index contributed by atoms with van der Waals surface area (Å²) < 4.78 is 0. The normalized spacial score (nSPS) is 9.11. The van der Waals surface area contributed by atoms with Crippen molar-refractivity contribution in [1.29, 1.82) is 0 Å². The molecule has 100 valence electrons. The maximum Gasteiger partial charge on any atom is 0.254 e. The summed E-state index contributed by atoms with van der Waals surface area (Å²) in [6.45, 7) is 8.65. The topological polar surface area (TPSA) is 20.3 Å². The zero-order chi connectivity index (χ0) is 14.0. The van der Waals surface area contributed by atoms with E-state index in [1.165, 1.54) is 6.42 Å². The Bertz CT molecular complexity index is 377. The van der Waals surface area contributed by atoms with Crippen LogP contribution in [0.15, 0.2) is 30.8 Å². The predicted molar refractivity (Wildman–Crippen MR) is 83.3 cm³/mol. The van der Waals surface area contributed by atoms with Crippen LogP contribution < -0.4 is 0 Å². The molecule has 0 saturated heterocycles. The molecule has 0 N–H and O–H groups in total. The van der Waals surface area contributed by atoms with Crippen molar-refractivity contribution in [3.05, 3.63) is 42.0 Å². The number of carbonyl (C=O) groups excluding carboxylic acids is 1. The van der Waals surface area contributed by atoms with Crippen LogP contribution >= 0.6 is 15.9 Å². The minimum Gasteiger partial charge on any atom is -0.341 e. The first-order chi connectivity index (χ1) is 8.62. The molecule has 1 aromatic rings. The standard InChI is InChI=1S/C12H14BrNO.C3H8/c1-3-10-6-4-5-7-11(10)12(15)14(2)9-8-13;1-3-2/h3-7H,1,8-9H2,2H3;3H2,1-2H3. The van der Waals surface area contributed by atoms with Crippen molar-refractivity contribution < 1.29 is 4.79 Å². The summed E-state index contributed by atoms with van der Waals surface area (Å²) in [5.41, 5.74) is 1.58. The predicted octanol–water partition coefficient (Wildman–Crippen LogP) is 4.21. The Morgan fingerprint density at radius 2 is 1.94 bits per heavy atom. The molecule has 0 aliphatic heterocycles. The van der Waals surface area contributed by atoms with E-state index in [1.54, 1.807) is 18.0 Å². The Kier molecular flexibility index (Phi) is 9.29. The third-order valence-corrected chi connectivity index (χ3v) is 2.53. The van der Waals surface area contributed by atoms with Gasteiger partial charge in [0, 0.05) is 24.5 Å². The molecule has 0 heterocycles. The third-order valence-electron chi connectivity index (χ3n) is 2.18. The van der Waals surface area contributed by atoms with Gasteiger partial charge in [0.05, 0.1) is 0 Å². The largest absolute Gasteiger partial charge is 0.341 e. The Hall–Kier alpha value is -1.09. The number of rotatable bonds is 4. The van der Waals surface area contributed by atoms with Crippen molar-refractivity contribution in [2.24, 2.45) is 0 Å². The smallest absolute Gasteiger partial charge is 0.254 e. The molecule has 0 radical (unpaired) electrons. The van der Waals surface area contributed by atoms with Crippen LogP contribution in [-0.4, -0.2) is 29.7 Å². The first kappa shape index (κ1) is 16.9. The molecule has 0 bridgehead atoms. The minimum absolute atomic E-state index is 0.0324. The van der Waals surface area contributed by atoms with Gasteiger partial charge in [-0.2, -0.15) is 0 Å². The lowest BCUT2D eigenvalue weighted by atomic mass is 10.1. The number of benzene rings is 1. The van der Waals surface area contributed by atoms with Gasteiger partial charge in [0.15, 0.2) is 0 Å². The number of amides is 1. The van der Waals surface area contributed by atoms with Crippen LogP contribution in [0.3, 0.4) is 0 Å². The minimum atomic E-state index is 0.0324. The fourth-order valence-electron chi connectivity index (χ4n) is 1.30. The summed E-state index contributed by atoms with van der Waals surface area (Å²) in [6.07, 6.45) is 2.95. The average molecular weight is 312 g/mol. The molecular formula is C15H22BrNO. The average Bonchev–Trinajstić information content (AvgIpc) is 2.39. The lowest BCUT2D eigenvalue weighted by Crippen LogP contribution is -2.28. The van der Waals surface area contributed by atoms with Gasteiger partial charge in [-0.15, -0.1) is 0 Å². The van der Waals surface area contributed by atoms with E-state index in [0.29, 0.717) is 12.1 Å². The number of alkyl halides is 1. The fraction of sp³-hybridized carbons (Fsp3) is 0.400. The highest BCUT2D eigenvalue weighted by Gasteiger charge is 2.12. The van der Waals surface area contributed by atoms with E-state index >= 15 is 0 Å². The number of hydrogen-bond donors (Lipinski definition) is 0. The van der Waals surface area contributed by atoms with Crippen molar-refractivity contribution in [2.75, 3.05) is 18.9 Å². The third kappa shape index (κ3) is 5.50. The molecule has 0 fully saturated rings. The van der Waals surface area contributed by atoms with Gasteiger partial charge in [0.1, 0.15) is 0 Å². The van der Waals surface area contributed by atoms with E-state index in [1.807, 2.05) is 24.3 Å². The lowest BCUT2D eigenvalue weighted by Gasteiger charge is -2.16. The molecule has 1 rings (SSSR count). The summed E-state index contributed by atoms with van der Waals surface area (Å²) in [5, 5.41) is 0.783. The Morgan fingerprint density at radius 1 is 1.39 bits per heavy atom.